The first-order valence-corrected chi connectivity index (χ1v) is 6.52. The third-order valence-corrected chi connectivity index (χ3v) is 4.24. The van der Waals surface area contributed by atoms with Gasteiger partial charge in [-0.25, -0.2) is 0 Å². The Morgan fingerprint density at radius 2 is 2.23 bits per heavy atom. The van der Waals surface area contributed by atoms with Crippen molar-refractivity contribution in [3.63, 3.8) is 0 Å². The average Bonchev–Trinajstić information content (AvgIpc) is 2.53. The van der Waals surface area contributed by atoms with E-state index in [2.05, 4.69) is 29.0 Å². The van der Waals surface area contributed by atoms with Crippen molar-refractivity contribution >= 4 is 11.8 Å². The van der Waals surface area contributed by atoms with Gasteiger partial charge in [0.25, 0.3) is 0 Å². The van der Waals surface area contributed by atoms with Crippen molar-refractivity contribution in [1.29, 1.82) is 0 Å². The van der Waals surface area contributed by atoms with Gasteiger partial charge in [0.2, 0.25) is 0 Å². The van der Waals surface area contributed by atoms with Gasteiger partial charge in [0.05, 0.1) is 0 Å². The molecule has 0 amide bonds. The lowest BCUT2D eigenvalue weighted by Crippen LogP contribution is -2.42. The molecule has 0 aromatic heterocycles. The first-order valence-electron chi connectivity index (χ1n) is 5.37. The second-order valence-corrected chi connectivity index (χ2v) is 5.48. The number of rotatable bonds is 2. The van der Waals surface area contributed by atoms with Crippen LogP contribution in [0.2, 0.25) is 0 Å². The minimum absolute atomic E-state index is 0.772. The summed E-state index contributed by atoms with van der Waals surface area (Å²) in [6.45, 7) is 2.53. The molecule has 0 saturated carbocycles. The molecule has 2 aliphatic rings. The third-order valence-electron chi connectivity index (χ3n) is 3.02. The van der Waals surface area contributed by atoms with Gasteiger partial charge in [-0.2, -0.15) is 11.8 Å². The lowest BCUT2D eigenvalue weighted by atomic mass is 10.1. The van der Waals surface area contributed by atoms with Crippen LogP contribution in [0.4, 0.5) is 0 Å². The number of thioether (sulfide) groups is 1. The number of nitrogens with one attached hydrogen (secondary N) is 1. The largest absolute Gasteiger partial charge is 0.309 e. The summed E-state index contributed by atoms with van der Waals surface area (Å²) < 4.78 is 0. The number of likely N-dealkylation sites (N-methyl/N-ethyl adjacent to an activating group) is 1. The summed E-state index contributed by atoms with van der Waals surface area (Å²) in [6, 6.07) is 1.57. The van der Waals surface area contributed by atoms with E-state index in [1.165, 1.54) is 43.9 Å². The van der Waals surface area contributed by atoms with Gasteiger partial charge in [0.1, 0.15) is 0 Å². The molecule has 1 N–H and O–H groups in total. The Kier molecular flexibility index (Phi) is 3.52. The van der Waals surface area contributed by atoms with Gasteiger partial charge in [-0.15, -0.1) is 0 Å². The van der Waals surface area contributed by atoms with Crippen LogP contribution in [0.5, 0.6) is 0 Å². The summed E-state index contributed by atoms with van der Waals surface area (Å²) >= 11 is 2.11. The molecule has 76 valence electrons. The fraction of sp³-hybridized carbons (Fsp3) is 1.00. The predicted octanol–water partition coefficient (Wildman–Crippen LogP) is 1.18. The summed E-state index contributed by atoms with van der Waals surface area (Å²) in [5.74, 6) is 2.71. The first-order chi connectivity index (χ1) is 6.34. The maximum absolute atomic E-state index is 3.79. The molecule has 2 fully saturated rings. The molecule has 2 unspecified atom stereocenters. The minimum Gasteiger partial charge on any atom is -0.309 e. The molecular weight excluding hydrogens is 180 g/mol. The molecule has 2 heterocycles. The highest BCUT2D eigenvalue weighted by Crippen LogP contribution is 2.18. The molecule has 13 heavy (non-hydrogen) atoms. The SMILES string of the molecule is CN1CCC(NC2CCCSC2)C1. The van der Waals surface area contributed by atoms with Crippen LogP contribution < -0.4 is 5.32 Å². The summed E-state index contributed by atoms with van der Waals surface area (Å²) in [5.41, 5.74) is 0. The van der Waals surface area contributed by atoms with E-state index in [-0.39, 0.29) is 0 Å². The highest BCUT2D eigenvalue weighted by Gasteiger charge is 2.23. The third kappa shape index (κ3) is 2.86. The standard InChI is InChI=1S/C10H20N2S/c1-12-5-4-9(7-12)11-10-3-2-6-13-8-10/h9-11H,2-8H2,1H3. The zero-order valence-electron chi connectivity index (χ0n) is 8.46. The van der Waals surface area contributed by atoms with Crippen molar-refractivity contribution in [3.8, 4) is 0 Å². The zero-order chi connectivity index (χ0) is 9.10. The van der Waals surface area contributed by atoms with Crippen molar-refractivity contribution in [2.24, 2.45) is 0 Å². The normalized spacial score (nSPS) is 36.7. The summed E-state index contributed by atoms with van der Waals surface area (Å²) in [6.07, 6.45) is 4.15. The topological polar surface area (TPSA) is 15.3 Å². The van der Waals surface area contributed by atoms with Gasteiger partial charge < -0.3 is 10.2 Å². The Balaban J connectivity index is 1.71. The molecule has 2 rings (SSSR count). The first kappa shape index (κ1) is 9.81. The van der Waals surface area contributed by atoms with Crippen LogP contribution in [0.15, 0.2) is 0 Å². The average molecular weight is 200 g/mol. The van der Waals surface area contributed by atoms with Gasteiger partial charge in [-0.05, 0) is 38.6 Å². The lowest BCUT2D eigenvalue weighted by Gasteiger charge is -2.26. The minimum atomic E-state index is 0.772. The maximum Gasteiger partial charge on any atom is 0.0209 e. The molecule has 3 heteroatoms. The highest BCUT2D eigenvalue weighted by atomic mass is 32.2. The Morgan fingerprint density at radius 3 is 2.85 bits per heavy atom. The van der Waals surface area contributed by atoms with E-state index in [1.807, 2.05) is 0 Å². The highest BCUT2D eigenvalue weighted by molar-refractivity contribution is 7.99. The van der Waals surface area contributed by atoms with Gasteiger partial charge in [-0.1, -0.05) is 0 Å². The summed E-state index contributed by atoms with van der Waals surface area (Å²) in [4.78, 5) is 2.42. The number of likely N-dealkylation sites (tertiary alicyclic amines) is 1. The zero-order valence-corrected chi connectivity index (χ0v) is 9.28. The lowest BCUT2D eigenvalue weighted by molar-refractivity contribution is 0.379. The maximum atomic E-state index is 3.79. The van der Waals surface area contributed by atoms with E-state index in [9.17, 15) is 0 Å². The molecule has 0 aromatic rings. The van der Waals surface area contributed by atoms with E-state index >= 15 is 0 Å². The second-order valence-electron chi connectivity index (χ2n) is 4.33. The van der Waals surface area contributed by atoms with Gasteiger partial charge in [0, 0.05) is 24.4 Å². The van der Waals surface area contributed by atoms with Crippen LogP contribution in [-0.2, 0) is 0 Å². The fourth-order valence-corrected chi connectivity index (χ4v) is 3.36. The summed E-state index contributed by atoms with van der Waals surface area (Å²) in [7, 11) is 2.22. The van der Waals surface area contributed by atoms with Crippen LogP contribution in [0, 0.1) is 0 Å². The Bertz CT molecular complexity index is 154. The Labute approximate surface area is 85.4 Å². The molecule has 2 nitrogen and oxygen atoms in total. The molecular formula is C10H20N2S. The molecule has 0 radical (unpaired) electrons. The van der Waals surface area contributed by atoms with Gasteiger partial charge >= 0.3 is 0 Å². The molecule has 0 aromatic carbocycles. The van der Waals surface area contributed by atoms with Crippen LogP contribution in [-0.4, -0.2) is 48.6 Å². The van der Waals surface area contributed by atoms with E-state index in [0.29, 0.717) is 0 Å². The smallest absolute Gasteiger partial charge is 0.0209 e. The van der Waals surface area contributed by atoms with Crippen molar-refractivity contribution in [2.45, 2.75) is 31.3 Å². The van der Waals surface area contributed by atoms with Crippen molar-refractivity contribution in [2.75, 3.05) is 31.6 Å². The monoisotopic (exact) mass is 200 g/mol. The van der Waals surface area contributed by atoms with Crippen molar-refractivity contribution in [1.82, 2.24) is 10.2 Å². The Hall–Kier alpha value is 0.270. The predicted molar refractivity (Wildman–Crippen MR) is 59.4 cm³/mol. The van der Waals surface area contributed by atoms with Crippen LogP contribution >= 0.6 is 11.8 Å². The van der Waals surface area contributed by atoms with Crippen LogP contribution in [0.25, 0.3) is 0 Å². The quantitative estimate of drug-likeness (QED) is 0.720. The van der Waals surface area contributed by atoms with E-state index in [4.69, 9.17) is 0 Å². The van der Waals surface area contributed by atoms with E-state index in [1.54, 1.807) is 0 Å². The van der Waals surface area contributed by atoms with E-state index < -0.39 is 0 Å². The number of nitrogens with zero attached hydrogens (tertiary/aromatic N) is 1. The molecule has 0 spiro atoms. The second kappa shape index (κ2) is 4.67. The van der Waals surface area contributed by atoms with Crippen LogP contribution in [0.3, 0.4) is 0 Å². The number of hydrogen-bond acceptors (Lipinski definition) is 3. The summed E-state index contributed by atoms with van der Waals surface area (Å²) in [5, 5.41) is 3.79. The molecule has 2 aliphatic heterocycles. The van der Waals surface area contributed by atoms with Crippen molar-refractivity contribution < 1.29 is 0 Å². The number of hydrogen-bond donors (Lipinski definition) is 1. The van der Waals surface area contributed by atoms with Gasteiger partial charge in [0.15, 0.2) is 0 Å². The molecule has 0 bridgehead atoms. The molecule has 0 aliphatic carbocycles. The van der Waals surface area contributed by atoms with E-state index in [0.717, 1.165) is 12.1 Å². The fourth-order valence-electron chi connectivity index (χ4n) is 2.28. The van der Waals surface area contributed by atoms with Crippen LogP contribution in [0.1, 0.15) is 19.3 Å². The van der Waals surface area contributed by atoms with Gasteiger partial charge in [-0.3, -0.25) is 0 Å². The van der Waals surface area contributed by atoms with Crippen molar-refractivity contribution in [3.05, 3.63) is 0 Å². The molecule has 2 atom stereocenters. The Morgan fingerprint density at radius 1 is 1.31 bits per heavy atom. The molecule has 2 saturated heterocycles.